The molecule has 53 heavy (non-hydrogen) atoms. The third kappa shape index (κ3) is 7.10. The first-order valence-electron chi connectivity index (χ1n) is 17.9. The molecule has 1 atom stereocenters. The third-order valence-electron chi connectivity index (χ3n) is 10.5. The second-order valence-corrected chi connectivity index (χ2v) is 13.6. The van der Waals surface area contributed by atoms with Crippen LogP contribution < -0.4 is 14.4 Å². The molecule has 0 aliphatic carbocycles. The van der Waals surface area contributed by atoms with Gasteiger partial charge in [-0.2, -0.15) is 0 Å². The van der Waals surface area contributed by atoms with Gasteiger partial charge < -0.3 is 28.8 Å². The van der Waals surface area contributed by atoms with E-state index in [0.29, 0.717) is 65.9 Å². The highest BCUT2D eigenvalue weighted by Crippen LogP contribution is 2.42. The molecular weight excluding hydrogens is 692 g/mol. The predicted molar refractivity (Wildman–Crippen MR) is 206 cm³/mol. The van der Waals surface area contributed by atoms with Crippen LogP contribution in [-0.2, 0) is 24.2 Å². The second-order valence-electron chi connectivity index (χ2n) is 13.6. The lowest BCUT2D eigenvalue weighted by atomic mass is 9.93. The molecule has 4 aromatic carbocycles. The van der Waals surface area contributed by atoms with Gasteiger partial charge in [-0.15, -0.1) is 12.4 Å². The fourth-order valence-corrected chi connectivity index (χ4v) is 7.56. The van der Waals surface area contributed by atoms with Gasteiger partial charge in [-0.3, -0.25) is 19.4 Å². The summed E-state index contributed by atoms with van der Waals surface area (Å²) in [6.07, 6.45) is 0.766. The maximum absolute atomic E-state index is 14.9. The van der Waals surface area contributed by atoms with Gasteiger partial charge in [0, 0.05) is 61.4 Å². The van der Waals surface area contributed by atoms with Crippen molar-refractivity contribution in [3.8, 4) is 28.5 Å². The largest absolute Gasteiger partial charge is 0.508 e. The van der Waals surface area contributed by atoms with Gasteiger partial charge in [0.25, 0.3) is 11.8 Å². The van der Waals surface area contributed by atoms with Crippen molar-refractivity contribution in [2.24, 2.45) is 0 Å². The Bertz CT molecular complexity index is 2110. The number of amides is 2. The van der Waals surface area contributed by atoms with Crippen LogP contribution in [-0.4, -0.2) is 77.0 Å². The number of morpholine rings is 1. The summed E-state index contributed by atoms with van der Waals surface area (Å²) in [6.45, 7) is 8.97. The molecule has 8 rings (SSSR count). The van der Waals surface area contributed by atoms with E-state index in [1.807, 2.05) is 66.4 Å². The Balaban J connectivity index is 0.00000435. The Hall–Kier alpha value is -5.29. The Kier molecular flexibility index (Phi) is 10.5. The van der Waals surface area contributed by atoms with E-state index >= 15 is 0 Å². The van der Waals surface area contributed by atoms with E-state index < -0.39 is 0 Å². The van der Waals surface area contributed by atoms with Gasteiger partial charge in [0.1, 0.15) is 5.75 Å². The van der Waals surface area contributed by atoms with E-state index in [1.165, 1.54) is 5.56 Å². The Labute approximate surface area is 315 Å². The second kappa shape index (κ2) is 15.4. The normalized spacial score (nSPS) is 16.5. The van der Waals surface area contributed by atoms with Crippen molar-refractivity contribution in [3.05, 3.63) is 125 Å². The number of aromatic nitrogens is 1. The molecule has 2 amide bonds. The molecule has 1 aromatic heterocycles. The molecule has 4 heterocycles. The van der Waals surface area contributed by atoms with Crippen LogP contribution in [0.15, 0.2) is 97.1 Å². The fraction of sp³-hybridized carbons (Fsp3) is 0.286. The molecule has 1 saturated heterocycles. The van der Waals surface area contributed by atoms with E-state index in [4.69, 9.17) is 14.2 Å². The van der Waals surface area contributed by atoms with E-state index in [2.05, 4.69) is 28.5 Å². The first kappa shape index (κ1) is 36.1. The summed E-state index contributed by atoms with van der Waals surface area (Å²) in [5.74, 6) is 0.875. The molecular formula is C42H43ClN4O6. The molecule has 0 saturated carbocycles. The average Bonchev–Trinajstić information content (AvgIpc) is 3.77. The summed E-state index contributed by atoms with van der Waals surface area (Å²) in [7, 11) is 0. The molecule has 11 heteroatoms. The van der Waals surface area contributed by atoms with Gasteiger partial charge in [-0.25, -0.2) is 0 Å². The number of aromatic hydroxyl groups is 1. The topological polar surface area (TPSA) is 96.7 Å². The highest BCUT2D eigenvalue weighted by Gasteiger charge is 2.33. The number of hydrogen-bond acceptors (Lipinski definition) is 7. The lowest BCUT2D eigenvalue weighted by molar-refractivity contribution is 0.0364. The summed E-state index contributed by atoms with van der Waals surface area (Å²) in [5.41, 5.74) is 6.93. The monoisotopic (exact) mass is 734 g/mol. The van der Waals surface area contributed by atoms with Crippen LogP contribution in [0, 0.1) is 6.92 Å². The van der Waals surface area contributed by atoms with Gasteiger partial charge in [0.15, 0.2) is 11.5 Å². The molecule has 0 bridgehead atoms. The van der Waals surface area contributed by atoms with Gasteiger partial charge in [-0.1, -0.05) is 42.5 Å². The Morgan fingerprint density at radius 3 is 2.21 bits per heavy atom. The van der Waals surface area contributed by atoms with Crippen molar-refractivity contribution in [2.75, 3.05) is 44.5 Å². The van der Waals surface area contributed by atoms with Crippen molar-refractivity contribution in [3.63, 3.8) is 0 Å². The maximum atomic E-state index is 14.9. The number of fused-ring (bicyclic) bond motifs is 2. The van der Waals surface area contributed by atoms with E-state index in [-0.39, 0.29) is 42.8 Å². The zero-order valence-electron chi connectivity index (χ0n) is 29.9. The number of halogens is 1. The van der Waals surface area contributed by atoms with Crippen molar-refractivity contribution < 1.29 is 28.9 Å². The number of phenolic OH excluding ortho intramolecular Hbond substituents is 1. The smallest absolute Gasteiger partial charge is 0.264 e. The van der Waals surface area contributed by atoms with Crippen molar-refractivity contribution in [2.45, 2.75) is 39.4 Å². The van der Waals surface area contributed by atoms with Gasteiger partial charge in [0.2, 0.25) is 6.79 Å². The van der Waals surface area contributed by atoms with Gasteiger partial charge in [0.05, 0.1) is 30.0 Å². The summed E-state index contributed by atoms with van der Waals surface area (Å²) in [4.78, 5) is 35.6. The zero-order valence-corrected chi connectivity index (χ0v) is 30.7. The van der Waals surface area contributed by atoms with E-state index in [9.17, 15) is 14.7 Å². The van der Waals surface area contributed by atoms with Gasteiger partial charge in [-0.05, 0) is 86.0 Å². The third-order valence-corrected chi connectivity index (χ3v) is 10.5. The highest BCUT2D eigenvalue weighted by molar-refractivity contribution is 6.12. The molecule has 3 aliphatic heterocycles. The number of anilines is 2. The number of benzene rings is 4. The quantitative estimate of drug-likeness (QED) is 0.180. The number of para-hydroxylation sites is 1. The van der Waals surface area contributed by atoms with Crippen molar-refractivity contribution in [1.82, 2.24) is 14.4 Å². The number of phenols is 1. The lowest BCUT2D eigenvalue weighted by Gasteiger charge is -2.35. The molecule has 1 fully saturated rings. The first-order valence-corrected chi connectivity index (χ1v) is 17.9. The Morgan fingerprint density at radius 1 is 0.811 bits per heavy atom. The Morgan fingerprint density at radius 2 is 1.47 bits per heavy atom. The van der Waals surface area contributed by atoms with Crippen LogP contribution in [0.3, 0.4) is 0 Å². The lowest BCUT2D eigenvalue weighted by Crippen LogP contribution is -2.42. The number of carbonyl (C=O) groups excluding carboxylic acids is 2. The van der Waals surface area contributed by atoms with Crippen LogP contribution in [0.2, 0.25) is 0 Å². The molecule has 0 unspecified atom stereocenters. The number of carbonyl (C=O) groups is 2. The van der Waals surface area contributed by atoms with Crippen molar-refractivity contribution in [1.29, 1.82) is 0 Å². The number of ether oxygens (including phenoxy) is 3. The summed E-state index contributed by atoms with van der Waals surface area (Å²) in [5, 5.41) is 10.1. The first-order chi connectivity index (χ1) is 25.4. The minimum Gasteiger partial charge on any atom is -0.508 e. The van der Waals surface area contributed by atoms with Crippen molar-refractivity contribution >= 4 is 35.6 Å². The summed E-state index contributed by atoms with van der Waals surface area (Å²) in [6, 6.07) is 30.0. The number of hydrogen-bond donors (Lipinski definition) is 1. The maximum Gasteiger partial charge on any atom is 0.264 e. The number of nitrogens with zero attached hydrogens (tertiary/aromatic N) is 4. The molecule has 274 valence electrons. The zero-order chi connectivity index (χ0) is 35.8. The van der Waals surface area contributed by atoms with E-state index in [1.54, 1.807) is 35.2 Å². The molecule has 5 aromatic rings. The van der Waals surface area contributed by atoms with Crippen LogP contribution >= 0.6 is 12.4 Å². The van der Waals surface area contributed by atoms with Crippen LogP contribution in [0.25, 0.3) is 11.3 Å². The molecule has 0 radical (unpaired) electrons. The molecule has 1 N–H and O–H groups in total. The standard InChI is InChI=1S/C42H42N4O6.ClH/c1-28-22-30-8-6-7-9-31(30)26-45(28)41(48)37-25-40-39(51-27-52-40)24-36(37)38-23-35(29(2)44(38)17-16-43-18-20-50-21-19-43)42(49)46(32-10-4-3-5-11-32)33-12-14-34(47)15-13-33;/h3-15,23-25,28,47H,16-22,26-27H2,1-2H3;1H/t28-;/m1./s1. The molecule has 0 spiro atoms. The molecule has 10 nitrogen and oxygen atoms in total. The fourth-order valence-electron chi connectivity index (χ4n) is 7.56. The minimum absolute atomic E-state index is 0. The minimum atomic E-state index is -0.226. The van der Waals surface area contributed by atoms with Crippen LogP contribution in [0.5, 0.6) is 17.2 Å². The van der Waals surface area contributed by atoms with E-state index in [0.717, 1.165) is 43.0 Å². The summed E-state index contributed by atoms with van der Waals surface area (Å²) >= 11 is 0. The van der Waals surface area contributed by atoms with Crippen LogP contribution in [0.4, 0.5) is 11.4 Å². The van der Waals surface area contributed by atoms with Gasteiger partial charge >= 0.3 is 0 Å². The highest BCUT2D eigenvalue weighted by atomic mass is 35.5. The summed E-state index contributed by atoms with van der Waals surface area (Å²) < 4.78 is 19.5. The predicted octanol–water partition coefficient (Wildman–Crippen LogP) is 7.22. The van der Waals surface area contributed by atoms with Crippen LogP contribution in [0.1, 0.15) is 44.5 Å². The SMILES string of the molecule is Cc1c(C(=O)N(c2ccccc2)c2ccc(O)cc2)cc(-c2cc3c(cc2C(=O)N2Cc4ccccc4C[C@H]2C)OCO3)n1CCN1CCOCC1.Cl. The number of rotatable bonds is 8. The average molecular weight is 735 g/mol. The molecule has 3 aliphatic rings.